The third-order valence-corrected chi connectivity index (χ3v) is 4.67. The fourth-order valence-corrected chi connectivity index (χ4v) is 2.84. The van der Waals surface area contributed by atoms with Crippen molar-refractivity contribution >= 4 is 29.9 Å². The largest absolute Gasteiger partial charge is 0.381 e. The Morgan fingerprint density at radius 2 is 1.76 bits per heavy atom. The molecular weight excluding hydrogens is 429 g/mol. The van der Waals surface area contributed by atoms with E-state index < -0.39 is 0 Å². The van der Waals surface area contributed by atoms with Crippen LogP contribution in [0.4, 0.5) is 0 Å². The van der Waals surface area contributed by atoms with Gasteiger partial charge in [-0.15, -0.1) is 24.0 Å². The fraction of sp³-hybridized carbons (Fsp3) is 0.944. The van der Waals surface area contributed by atoms with Crippen molar-refractivity contribution in [2.45, 2.75) is 46.1 Å². The second-order valence-electron chi connectivity index (χ2n) is 6.52. The SMILES string of the molecule is CCCCOCCCNC(=NC)NCC(C)N1CCN(CC)CC1.I. The molecule has 0 spiro atoms. The van der Waals surface area contributed by atoms with Crippen molar-refractivity contribution in [1.29, 1.82) is 0 Å². The number of guanidine groups is 1. The van der Waals surface area contributed by atoms with Crippen LogP contribution in [-0.2, 0) is 4.74 Å². The smallest absolute Gasteiger partial charge is 0.191 e. The molecule has 0 aromatic carbocycles. The van der Waals surface area contributed by atoms with Crippen LogP contribution in [0.1, 0.15) is 40.0 Å². The average Bonchev–Trinajstić information content (AvgIpc) is 2.63. The van der Waals surface area contributed by atoms with Gasteiger partial charge in [-0.1, -0.05) is 20.3 Å². The van der Waals surface area contributed by atoms with Gasteiger partial charge in [0.2, 0.25) is 0 Å². The molecular formula is C18H40IN5O. The third kappa shape index (κ3) is 11.2. The number of hydrogen-bond donors (Lipinski definition) is 2. The van der Waals surface area contributed by atoms with Gasteiger partial charge in [-0.05, 0) is 26.3 Å². The Morgan fingerprint density at radius 3 is 2.36 bits per heavy atom. The van der Waals surface area contributed by atoms with Crippen LogP contribution >= 0.6 is 24.0 Å². The van der Waals surface area contributed by atoms with Crippen LogP contribution in [0.3, 0.4) is 0 Å². The maximum atomic E-state index is 5.57. The normalized spacial score (nSPS) is 17.8. The number of likely N-dealkylation sites (N-methyl/N-ethyl adjacent to an activating group) is 1. The van der Waals surface area contributed by atoms with Crippen molar-refractivity contribution < 1.29 is 4.74 Å². The lowest BCUT2D eigenvalue weighted by Gasteiger charge is -2.37. The van der Waals surface area contributed by atoms with E-state index in [1.807, 2.05) is 7.05 Å². The maximum Gasteiger partial charge on any atom is 0.191 e. The zero-order chi connectivity index (χ0) is 17.6. The van der Waals surface area contributed by atoms with Crippen LogP contribution in [-0.4, -0.2) is 87.9 Å². The first-order valence-electron chi connectivity index (χ1n) is 9.69. The molecule has 0 aliphatic carbocycles. The number of hydrogen-bond acceptors (Lipinski definition) is 4. The number of ether oxygens (including phenoxy) is 1. The van der Waals surface area contributed by atoms with Crippen molar-refractivity contribution in [2.24, 2.45) is 4.99 Å². The lowest BCUT2D eigenvalue weighted by Crippen LogP contribution is -2.53. The molecule has 1 saturated heterocycles. The second-order valence-corrected chi connectivity index (χ2v) is 6.52. The van der Waals surface area contributed by atoms with Gasteiger partial charge in [-0.3, -0.25) is 9.89 Å². The number of aliphatic imine (C=N–C) groups is 1. The number of rotatable bonds is 11. The quantitative estimate of drug-likeness (QED) is 0.210. The first-order valence-corrected chi connectivity index (χ1v) is 9.69. The summed E-state index contributed by atoms with van der Waals surface area (Å²) in [5.41, 5.74) is 0. The van der Waals surface area contributed by atoms with Gasteiger partial charge in [-0.2, -0.15) is 0 Å². The van der Waals surface area contributed by atoms with Gasteiger partial charge in [0.1, 0.15) is 0 Å². The lowest BCUT2D eigenvalue weighted by atomic mass is 10.2. The number of nitrogens with zero attached hydrogens (tertiary/aromatic N) is 3. The second kappa shape index (κ2) is 16.1. The van der Waals surface area contributed by atoms with Crippen molar-refractivity contribution in [2.75, 3.05) is 66.1 Å². The molecule has 2 N–H and O–H groups in total. The summed E-state index contributed by atoms with van der Waals surface area (Å²) in [6.07, 6.45) is 3.36. The van der Waals surface area contributed by atoms with Crippen molar-refractivity contribution in [3.8, 4) is 0 Å². The van der Waals surface area contributed by atoms with E-state index in [1.165, 1.54) is 26.1 Å². The summed E-state index contributed by atoms with van der Waals surface area (Å²) in [6.45, 7) is 16.1. The fourth-order valence-electron chi connectivity index (χ4n) is 2.84. The molecule has 0 amide bonds. The molecule has 1 heterocycles. The van der Waals surface area contributed by atoms with Gasteiger partial charge in [0.15, 0.2) is 5.96 Å². The average molecular weight is 469 g/mol. The van der Waals surface area contributed by atoms with Gasteiger partial charge in [0, 0.05) is 65.6 Å². The number of unbranched alkanes of at least 4 members (excludes halogenated alkanes) is 1. The minimum absolute atomic E-state index is 0. The first kappa shape index (κ1) is 24.9. The van der Waals surface area contributed by atoms with Crippen LogP contribution in [0.2, 0.25) is 0 Å². The Bertz CT molecular complexity index is 335. The highest BCUT2D eigenvalue weighted by Gasteiger charge is 2.20. The number of halogens is 1. The van der Waals surface area contributed by atoms with Crippen molar-refractivity contribution in [3.05, 3.63) is 0 Å². The van der Waals surface area contributed by atoms with Crippen LogP contribution in [0, 0.1) is 0 Å². The molecule has 1 aliphatic heterocycles. The summed E-state index contributed by atoms with van der Waals surface area (Å²) in [6, 6.07) is 0.528. The summed E-state index contributed by atoms with van der Waals surface area (Å²) in [4.78, 5) is 9.38. The Morgan fingerprint density at radius 1 is 1.08 bits per heavy atom. The molecule has 6 nitrogen and oxygen atoms in total. The van der Waals surface area contributed by atoms with Crippen LogP contribution in [0.25, 0.3) is 0 Å². The Balaban J connectivity index is 0.00000576. The van der Waals surface area contributed by atoms with Gasteiger partial charge < -0.3 is 20.3 Å². The molecule has 1 fully saturated rings. The Kier molecular flexibility index (Phi) is 16.0. The van der Waals surface area contributed by atoms with Crippen LogP contribution in [0.15, 0.2) is 4.99 Å². The highest BCUT2D eigenvalue weighted by atomic mass is 127. The van der Waals surface area contributed by atoms with E-state index >= 15 is 0 Å². The molecule has 0 radical (unpaired) electrons. The highest BCUT2D eigenvalue weighted by molar-refractivity contribution is 14.0. The topological polar surface area (TPSA) is 52.1 Å². The highest BCUT2D eigenvalue weighted by Crippen LogP contribution is 2.05. The standard InChI is InChI=1S/C18H39N5O.HI/c1-5-7-14-24-15-8-9-20-18(19-4)21-16-17(3)23-12-10-22(6-2)11-13-23;/h17H,5-16H2,1-4H3,(H2,19,20,21);1H. The summed E-state index contributed by atoms with van der Waals surface area (Å²) in [5, 5.41) is 6.81. The van der Waals surface area contributed by atoms with Crippen LogP contribution < -0.4 is 10.6 Å². The monoisotopic (exact) mass is 469 g/mol. The predicted molar refractivity (Wildman–Crippen MR) is 118 cm³/mol. The van der Waals surface area contributed by atoms with Crippen molar-refractivity contribution in [3.63, 3.8) is 0 Å². The number of nitrogens with one attached hydrogen (secondary N) is 2. The summed E-state index contributed by atoms with van der Waals surface area (Å²) >= 11 is 0. The molecule has 1 rings (SSSR count). The van der Waals surface area contributed by atoms with E-state index in [4.69, 9.17) is 4.74 Å². The van der Waals surface area contributed by atoms with E-state index in [-0.39, 0.29) is 24.0 Å². The minimum Gasteiger partial charge on any atom is -0.381 e. The zero-order valence-corrected chi connectivity index (χ0v) is 19.1. The molecule has 150 valence electrons. The van der Waals surface area contributed by atoms with Gasteiger partial charge in [-0.25, -0.2) is 0 Å². The molecule has 1 unspecified atom stereocenters. The lowest BCUT2D eigenvalue weighted by molar-refractivity contribution is 0.107. The van der Waals surface area contributed by atoms with E-state index in [9.17, 15) is 0 Å². The summed E-state index contributed by atoms with van der Waals surface area (Å²) in [5.74, 6) is 0.891. The molecule has 25 heavy (non-hydrogen) atoms. The van der Waals surface area contributed by atoms with Gasteiger partial charge >= 0.3 is 0 Å². The molecule has 0 aromatic rings. The van der Waals surface area contributed by atoms with Crippen LogP contribution in [0.5, 0.6) is 0 Å². The third-order valence-electron chi connectivity index (χ3n) is 4.67. The van der Waals surface area contributed by atoms with E-state index in [0.29, 0.717) is 6.04 Å². The summed E-state index contributed by atoms with van der Waals surface area (Å²) < 4.78 is 5.57. The molecule has 0 aromatic heterocycles. The molecule has 1 aliphatic rings. The predicted octanol–water partition coefficient (Wildman–Crippen LogP) is 2.00. The molecule has 0 saturated carbocycles. The van der Waals surface area contributed by atoms with Gasteiger partial charge in [0.05, 0.1) is 0 Å². The minimum atomic E-state index is 0. The van der Waals surface area contributed by atoms with E-state index in [0.717, 1.165) is 58.2 Å². The molecule has 7 heteroatoms. The molecule has 1 atom stereocenters. The van der Waals surface area contributed by atoms with Gasteiger partial charge in [0.25, 0.3) is 0 Å². The Labute approximate surface area is 172 Å². The Hall–Kier alpha value is -0.120. The molecule has 0 bridgehead atoms. The van der Waals surface area contributed by atoms with E-state index in [2.05, 4.69) is 46.2 Å². The number of piperazine rings is 1. The summed E-state index contributed by atoms with van der Waals surface area (Å²) in [7, 11) is 1.83. The zero-order valence-electron chi connectivity index (χ0n) is 16.7. The van der Waals surface area contributed by atoms with E-state index in [1.54, 1.807) is 0 Å². The van der Waals surface area contributed by atoms with Crippen molar-refractivity contribution in [1.82, 2.24) is 20.4 Å². The maximum absolute atomic E-state index is 5.57. The first-order chi connectivity index (χ1) is 11.7.